The Morgan fingerprint density at radius 2 is 2.24 bits per heavy atom. The molecule has 7 heteroatoms. The number of carbonyl (C=O) groups is 2. The van der Waals surface area contributed by atoms with Crippen LogP contribution in [0.3, 0.4) is 0 Å². The molecule has 1 heterocycles. The molecule has 2 rings (SSSR count). The smallest absolute Gasteiger partial charge is 0.322 e. The Kier molecular flexibility index (Phi) is 7.58. The first-order valence-corrected chi connectivity index (χ1v) is 9.81. The van der Waals surface area contributed by atoms with E-state index < -0.39 is 0 Å². The van der Waals surface area contributed by atoms with Gasteiger partial charge in [-0.25, -0.2) is 4.79 Å². The molecule has 25 heavy (non-hydrogen) atoms. The van der Waals surface area contributed by atoms with Gasteiger partial charge in [0.15, 0.2) is 0 Å². The standard InChI is InChI=1S/C18H27N3O3S/c1-4-8-20(2)17(22)12-15-13-24-10-9-21(15)18(23)19-14-6-5-7-16(11-14)25-3/h5-7,11,15H,4,8-10,12-13H2,1-3H3,(H,19,23)/t15-/m0/s1. The van der Waals surface area contributed by atoms with Gasteiger partial charge < -0.3 is 19.9 Å². The average molecular weight is 365 g/mol. The fraction of sp³-hybridized carbons (Fsp3) is 0.556. The van der Waals surface area contributed by atoms with Gasteiger partial charge in [-0.1, -0.05) is 13.0 Å². The quantitative estimate of drug-likeness (QED) is 0.788. The monoisotopic (exact) mass is 365 g/mol. The summed E-state index contributed by atoms with van der Waals surface area (Å²) in [6, 6.07) is 7.31. The van der Waals surface area contributed by atoms with Gasteiger partial charge in [-0.3, -0.25) is 4.79 Å². The number of hydrogen-bond acceptors (Lipinski definition) is 4. The first-order chi connectivity index (χ1) is 12.0. The van der Waals surface area contributed by atoms with Gasteiger partial charge in [0.2, 0.25) is 5.91 Å². The van der Waals surface area contributed by atoms with Crippen molar-refractivity contribution in [1.82, 2.24) is 9.80 Å². The highest BCUT2D eigenvalue weighted by molar-refractivity contribution is 7.98. The Hall–Kier alpha value is -1.73. The van der Waals surface area contributed by atoms with Crippen LogP contribution in [0.25, 0.3) is 0 Å². The zero-order valence-electron chi connectivity index (χ0n) is 15.2. The maximum atomic E-state index is 12.7. The van der Waals surface area contributed by atoms with Crippen LogP contribution in [0.1, 0.15) is 19.8 Å². The lowest BCUT2D eigenvalue weighted by Crippen LogP contribution is -2.52. The van der Waals surface area contributed by atoms with Gasteiger partial charge in [0, 0.05) is 37.1 Å². The van der Waals surface area contributed by atoms with Crippen LogP contribution in [0.4, 0.5) is 10.5 Å². The molecule has 1 atom stereocenters. The molecule has 6 nitrogen and oxygen atoms in total. The zero-order valence-corrected chi connectivity index (χ0v) is 16.0. The van der Waals surface area contributed by atoms with E-state index in [1.54, 1.807) is 28.6 Å². The number of thioether (sulfide) groups is 1. The van der Waals surface area contributed by atoms with Crippen LogP contribution in [0.15, 0.2) is 29.2 Å². The van der Waals surface area contributed by atoms with Crippen LogP contribution in [-0.4, -0.2) is 67.4 Å². The van der Waals surface area contributed by atoms with E-state index >= 15 is 0 Å². The third kappa shape index (κ3) is 5.64. The number of nitrogens with one attached hydrogen (secondary N) is 1. The minimum atomic E-state index is -0.232. The number of rotatable bonds is 6. The topological polar surface area (TPSA) is 61.9 Å². The molecular weight excluding hydrogens is 338 g/mol. The molecule has 1 aromatic carbocycles. The van der Waals surface area contributed by atoms with E-state index in [0.29, 0.717) is 19.8 Å². The molecule has 1 aliphatic rings. The van der Waals surface area contributed by atoms with Crippen LogP contribution in [0.5, 0.6) is 0 Å². The number of benzene rings is 1. The Balaban J connectivity index is 2.01. The van der Waals surface area contributed by atoms with Gasteiger partial charge in [-0.2, -0.15) is 0 Å². The van der Waals surface area contributed by atoms with E-state index in [1.165, 1.54) is 0 Å². The van der Waals surface area contributed by atoms with Crippen LogP contribution < -0.4 is 5.32 Å². The van der Waals surface area contributed by atoms with E-state index in [-0.39, 0.29) is 24.4 Å². The number of morpholine rings is 1. The first kappa shape index (κ1) is 19.6. The summed E-state index contributed by atoms with van der Waals surface area (Å²) in [6.07, 6.45) is 3.20. The molecule has 0 bridgehead atoms. The number of ether oxygens (including phenoxy) is 1. The lowest BCUT2D eigenvalue weighted by atomic mass is 10.1. The lowest BCUT2D eigenvalue weighted by Gasteiger charge is -2.36. The molecule has 1 aliphatic heterocycles. The van der Waals surface area contributed by atoms with Crippen molar-refractivity contribution in [2.45, 2.75) is 30.7 Å². The number of hydrogen-bond donors (Lipinski definition) is 1. The number of amides is 3. The summed E-state index contributed by atoms with van der Waals surface area (Å²) in [7, 11) is 1.80. The van der Waals surface area contributed by atoms with Crippen molar-refractivity contribution in [3.8, 4) is 0 Å². The molecule has 1 N–H and O–H groups in total. The van der Waals surface area contributed by atoms with Gasteiger partial charge >= 0.3 is 6.03 Å². The molecule has 0 radical (unpaired) electrons. The average Bonchev–Trinajstić information content (AvgIpc) is 2.62. The molecule has 3 amide bonds. The molecule has 1 aromatic rings. The van der Waals surface area contributed by atoms with Gasteiger partial charge in [0.05, 0.1) is 19.3 Å². The van der Waals surface area contributed by atoms with Crippen molar-refractivity contribution < 1.29 is 14.3 Å². The van der Waals surface area contributed by atoms with Gasteiger partial charge in [-0.05, 0) is 30.9 Å². The van der Waals surface area contributed by atoms with Crippen LogP contribution in [0.2, 0.25) is 0 Å². The maximum absolute atomic E-state index is 12.7. The summed E-state index contributed by atoms with van der Waals surface area (Å²) >= 11 is 1.63. The summed E-state index contributed by atoms with van der Waals surface area (Å²) < 4.78 is 5.49. The number of urea groups is 1. The maximum Gasteiger partial charge on any atom is 0.322 e. The molecular formula is C18H27N3O3S. The molecule has 0 spiro atoms. The molecule has 1 fully saturated rings. The van der Waals surface area contributed by atoms with Crippen molar-refractivity contribution in [3.05, 3.63) is 24.3 Å². The first-order valence-electron chi connectivity index (χ1n) is 8.58. The number of anilines is 1. The fourth-order valence-corrected chi connectivity index (χ4v) is 3.26. The third-order valence-corrected chi connectivity index (χ3v) is 4.93. The molecule has 138 valence electrons. The predicted molar refractivity (Wildman–Crippen MR) is 101 cm³/mol. The number of carbonyl (C=O) groups excluding carboxylic acids is 2. The van der Waals surface area contributed by atoms with Crippen LogP contribution in [-0.2, 0) is 9.53 Å². The van der Waals surface area contributed by atoms with Gasteiger partial charge in [-0.15, -0.1) is 11.8 Å². The van der Waals surface area contributed by atoms with E-state index in [1.807, 2.05) is 37.4 Å². The summed E-state index contributed by atoms with van der Waals surface area (Å²) in [5.74, 6) is 0.0412. The highest BCUT2D eigenvalue weighted by Crippen LogP contribution is 2.20. The highest BCUT2D eigenvalue weighted by Gasteiger charge is 2.30. The second-order valence-electron chi connectivity index (χ2n) is 6.10. The Labute approximate surface area is 153 Å². The molecule has 0 saturated carbocycles. The second kappa shape index (κ2) is 9.68. The van der Waals surface area contributed by atoms with Gasteiger partial charge in [0.25, 0.3) is 0 Å². The summed E-state index contributed by atoms with van der Waals surface area (Å²) in [5, 5.41) is 2.94. The Bertz CT molecular complexity index is 597. The largest absolute Gasteiger partial charge is 0.377 e. The third-order valence-electron chi connectivity index (χ3n) is 4.20. The summed E-state index contributed by atoms with van der Waals surface area (Å²) in [5.41, 5.74) is 0.761. The van der Waals surface area contributed by atoms with E-state index in [2.05, 4.69) is 5.32 Å². The van der Waals surface area contributed by atoms with Crippen molar-refractivity contribution in [3.63, 3.8) is 0 Å². The SMILES string of the molecule is CCCN(C)C(=O)C[C@H]1COCCN1C(=O)Nc1cccc(SC)c1. The normalized spacial score (nSPS) is 17.2. The van der Waals surface area contributed by atoms with E-state index in [4.69, 9.17) is 4.74 Å². The molecule has 0 aromatic heterocycles. The number of nitrogens with zero attached hydrogens (tertiary/aromatic N) is 2. The predicted octanol–water partition coefficient (Wildman–Crippen LogP) is 2.90. The summed E-state index contributed by atoms with van der Waals surface area (Å²) in [4.78, 5) is 29.5. The Morgan fingerprint density at radius 1 is 1.44 bits per heavy atom. The summed E-state index contributed by atoms with van der Waals surface area (Å²) in [6.45, 7) is 4.14. The molecule has 1 saturated heterocycles. The minimum absolute atomic E-state index is 0.0412. The van der Waals surface area contributed by atoms with Crippen molar-refractivity contribution in [2.75, 3.05) is 44.9 Å². The zero-order chi connectivity index (χ0) is 18.2. The van der Waals surface area contributed by atoms with Gasteiger partial charge in [0.1, 0.15) is 0 Å². The van der Waals surface area contributed by atoms with E-state index in [0.717, 1.165) is 23.5 Å². The highest BCUT2D eigenvalue weighted by atomic mass is 32.2. The minimum Gasteiger partial charge on any atom is -0.377 e. The van der Waals surface area contributed by atoms with Crippen molar-refractivity contribution in [2.24, 2.45) is 0 Å². The van der Waals surface area contributed by atoms with E-state index in [9.17, 15) is 9.59 Å². The fourth-order valence-electron chi connectivity index (χ4n) is 2.80. The van der Waals surface area contributed by atoms with Crippen molar-refractivity contribution in [1.29, 1.82) is 0 Å². The second-order valence-corrected chi connectivity index (χ2v) is 6.98. The molecule has 0 aliphatic carbocycles. The molecule has 0 unspecified atom stereocenters. The van der Waals surface area contributed by atoms with Crippen molar-refractivity contribution >= 4 is 29.4 Å². The van der Waals surface area contributed by atoms with Crippen LogP contribution in [0, 0.1) is 0 Å². The lowest BCUT2D eigenvalue weighted by molar-refractivity contribution is -0.132. The van der Waals surface area contributed by atoms with Crippen LogP contribution >= 0.6 is 11.8 Å². The Morgan fingerprint density at radius 3 is 2.96 bits per heavy atom.